The summed E-state index contributed by atoms with van der Waals surface area (Å²) < 4.78 is 13.1. The van der Waals surface area contributed by atoms with Crippen LogP contribution in [-0.2, 0) is 0 Å². The summed E-state index contributed by atoms with van der Waals surface area (Å²) in [7, 11) is 0. The van der Waals surface area contributed by atoms with Gasteiger partial charge in [-0.2, -0.15) is 16.2 Å². The number of hydrogen-bond donors (Lipinski definition) is 1. The molecule has 1 aromatic rings. The van der Waals surface area contributed by atoms with E-state index in [0.717, 1.165) is 24.0 Å². The maximum Gasteiger partial charge on any atom is 0.306 e. The minimum absolute atomic E-state index is 0.329. The molecule has 0 aliphatic carbocycles. The van der Waals surface area contributed by atoms with Crippen molar-refractivity contribution in [2.24, 2.45) is 0 Å². The summed E-state index contributed by atoms with van der Waals surface area (Å²) in [4.78, 5) is 9.84. The Labute approximate surface area is 96.4 Å². The Kier molecular flexibility index (Phi) is 3.28. The van der Waals surface area contributed by atoms with Crippen molar-refractivity contribution in [3.63, 3.8) is 0 Å². The molecule has 1 fully saturated rings. The predicted octanol–water partition coefficient (Wildman–Crippen LogP) is 2.65. The molecule has 1 aromatic carbocycles. The predicted molar refractivity (Wildman–Crippen MR) is 62.4 cm³/mol. The lowest BCUT2D eigenvalue weighted by atomic mass is 10.2. The van der Waals surface area contributed by atoms with Crippen molar-refractivity contribution in [1.82, 2.24) is 0 Å². The second kappa shape index (κ2) is 4.69. The van der Waals surface area contributed by atoms with Gasteiger partial charge in [0.15, 0.2) is 0 Å². The molecule has 1 aliphatic heterocycles. The van der Waals surface area contributed by atoms with Crippen molar-refractivity contribution in [2.45, 2.75) is 12.5 Å². The maximum atomic E-state index is 13.1. The summed E-state index contributed by atoms with van der Waals surface area (Å²) in [6.45, 7) is 0. The number of nitrogens with zero attached hydrogens (tertiary/aromatic N) is 1. The molecule has 0 aromatic heterocycles. The van der Waals surface area contributed by atoms with Gasteiger partial charge in [0, 0.05) is 23.5 Å². The van der Waals surface area contributed by atoms with Gasteiger partial charge < -0.3 is 5.32 Å². The SMILES string of the molecule is O=[N+]([O-])c1cc(NC2CCSC2)ccc1F. The molecule has 0 saturated carbocycles. The van der Waals surface area contributed by atoms with Gasteiger partial charge >= 0.3 is 5.69 Å². The van der Waals surface area contributed by atoms with E-state index in [9.17, 15) is 14.5 Å². The third-order valence-electron chi connectivity index (χ3n) is 2.44. The van der Waals surface area contributed by atoms with E-state index in [-0.39, 0.29) is 0 Å². The fourth-order valence-corrected chi connectivity index (χ4v) is 2.78. The Hall–Kier alpha value is -1.30. The van der Waals surface area contributed by atoms with Crippen LogP contribution in [-0.4, -0.2) is 22.5 Å². The molecule has 1 heterocycles. The van der Waals surface area contributed by atoms with Gasteiger partial charge in [-0.05, 0) is 24.3 Å². The van der Waals surface area contributed by atoms with E-state index >= 15 is 0 Å². The Morgan fingerprint density at radius 3 is 3.00 bits per heavy atom. The highest BCUT2D eigenvalue weighted by molar-refractivity contribution is 7.99. The van der Waals surface area contributed by atoms with Gasteiger partial charge in [-0.3, -0.25) is 10.1 Å². The molecule has 0 radical (unpaired) electrons. The van der Waals surface area contributed by atoms with Crippen LogP contribution < -0.4 is 5.32 Å². The fourth-order valence-electron chi connectivity index (χ4n) is 1.63. The molecule has 1 N–H and O–H groups in total. The fraction of sp³-hybridized carbons (Fsp3) is 0.400. The standard InChI is InChI=1S/C10H11FN2O2S/c11-9-2-1-7(5-10(9)13(14)15)12-8-3-4-16-6-8/h1-2,5,8,12H,3-4,6H2. The first-order valence-corrected chi connectivity index (χ1v) is 6.10. The molecule has 0 bridgehead atoms. The van der Waals surface area contributed by atoms with E-state index < -0.39 is 16.4 Å². The number of hydrogen-bond acceptors (Lipinski definition) is 4. The zero-order valence-corrected chi connectivity index (χ0v) is 9.30. The zero-order chi connectivity index (χ0) is 11.5. The van der Waals surface area contributed by atoms with Crippen LogP contribution in [0.15, 0.2) is 18.2 Å². The van der Waals surface area contributed by atoms with E-state index in [0.29, 0.717) is 11.7 Å². The Balaban J connectivity index is 2.15. The number of nitro benzene ring substituents is 1. The molecule has 4 nitrogen and oxygen atoms in total. The van der Waals surface area contributed by atoms with Gasteiger partial charge in [0.2, 0.25) is 5.82 Å². The van der Waals surface area contributed by atoms with E-state index in [1.54, 1.807) is 0 Å². The molecule has 16 heavy (non-hydrogen) atoms. The molecular weight excluding hydrogens is 231 g/mol. The molecule has 0 spiro atoms. The smallest absolute Gasteiger partial charge is 0.306 e. The first-order chi connectivity index (χ1) is 7.66. The average molecular weight is 242 g/mol. The lowest BCUT2D eigenvalue weighted by molar-refractivity contribution is -0.387. The molecule has 2 rings (SSSR count). The van der Waals surface area contributed by atoms with Crippen molar-refractivity contribution >= 4 is 23.1 Å². The monoisotopic (exact) mass is 242 g/mol. The Bertz CT molecular complexity index is 408. The topological polar surface area (TPSA) is 55.2 Å². The molecule has 86 valence electrons. The van der Waals surface area contributed by atoms with E-state index in [2.05, 4.69) is 5.32 Å². The van der Waals surface area contributed by atoms with Crippen molar-refractivity contribution in [2.75, 3.05) is 16.8 Å². The summed E-state index contributed by atoms with van der Waals surface area (Å²) in [6.07, 6.45) is 1.04. The molecule has 1 unspecified atom stereocenters. The van der Waals surface area contributed by atoms with Crippen LogP contribution in [0.5, 0.6) is 0 Å². The van der Waals surface area contributed by atoms with Crippen LogP contribution in [0.4, 0.5) is 15.8 Å². The quantitative estimate of drug-likeness (QED) is 0.654. The lowest BCUT2D eigenvalue weighted by Gasteiger charge is -2.12. The van der Waals surface area contributed by atoms with Crippen molar-refractivity contribution in [1.29, 1.82) is 0 Å². The van der Waals surface area contributed by atoms with Crippen LogP contribution in [0.25, 0.3) is 0 Å². The highest BCUT2D eigenvalue weighted by atomic mass is 32.2. The number of benzene rings is 1. The molecule has 1 aliphatic rings. The third kappa shape index (κ3) is 2.44. The van der Waals surface area contributed by atoms with Crippen molar-refractivity contribution in [3.05, 3.63) is 34.1 Å². The average Bonchev–Trinajstić information content (AvgIpc) is 2.73. The Morgan fingerprint density at radius 2 is 2.38 bits per heavy atom. The van der Waals surface area contributed by atoms with Gasteiger partial charge in [-0.25, -0.2) is 0 Å². The number of rotatable bonds is 3. The summed E-state index contributed by atoms with van der Waals surface area (Å²) in [5.41, 5.74) is 0.135. The summed E-state index contributed by atoms with van der Waals surface area (Å²) in [5, 5.41) is 13.7. The first kappa shape index (κ1) is 11.2. The molecule has 1 saturated heterocycles. The van der Waals surface area contributed by atoms with E-state index in [1.165, 1.54) is 12.1 Å². The first-order valence-electron chi connectivity index (χ1n) is 4.95. The number of nitrogens with one attached hydrogen (secondary N) is 1. The van der Waals surface area contributed by atoms with Crippen LogP contribution in [0.3, 0.4) is 0 Å². The second-order valence-corrected chi connectivity index (χ2v) is 4.78. The van der Waals surface area contributed by atoms with Crippen molar-refractivity contribution in [3.8, 4) is 0 Å². The summed E-state index contributed by atoms with van der Waals surface area (Å²) in [6, 6.07) is 4.24. The summed E-state index contributed by atoms with van der Waals surface area (Å²) >= 11 is 1.84. The normalized spacial score (nSPS) is 19.7. The van der Waals surface area contributed by atoms with E-state index in [1.807, 2.05) is 11.8 Å². The van der Waals surface area contributed by atoms with Gasteiger partial charge in [-0.1, -0.05) is 0 Å². The zero-order valence-electron chi connectivity index (χ0n) is 8.48. The minimum Gasteiger partial charge on any atom is -0.381 e. The number of nitro groups is 1. The molecular formula is C10H11FN2O2S. The third-order valence-corrected chi connectivity index (χ3v) is 3.61. The maximum absolute atomic E-state index is 13.1. The van der Waals surface area contributed by atoms with Gasteiger partial charge in [0.05, 0.1) is 4.92 Å². The lowest BCUT2D eigenvalue weighted by Crippen LogP contribution is -2.18. The van der Waals surface area contributed by atoms with Gasteiger partial charge in [0.25, 0.3) is 0 Å². The molecule has 1 atom stereocenters. The Morgan fingerprint density at radius 1 is 1.56 bits per heavy atom. The number of anilines is 1. The van der Waals surface area contributed by atoms with Crippen LogP contribution >= 0.6 is 11.8 Å². The van der Waals surface area contributed by atoms with Crippen LogP contribution in [0, 0.1) is 15.9 Å². The van der Waals surface area contributed by atoms with E-state index in [4.69, 9.17) is 0 Å². The highest BCUT2D eigenvalue weighted by Crippen LogP contribution is 2.25. The molecule has 0 amide bonds. The highest BCUT2D eigenvalue weighted by Gasteiger charge is 2.18. The van der Waals surface area contributed by atoms with Crippen molar-refractivity contribution < 1.29 is 9.31 Å². The van der Waals surface area contributed by atoms with Crippen LogP contribution in [0.1, 0.15) is 6.42 Å². The van der Waals surface area contributed by atoms with Crippen LogP contribution in [0.2, 0.25) is 0 Å². The number of thioether (sulfide) groups is 1. The number of halogens is 1. The summed E-state index contributed by atoms with van der Waals surface area (Å²) in [5.74, 6) is 1.29. The van der Waals surface area contributed by atoms with Gasteiger partial charge in [-0.15, -0.1) is 0 Å². The van der Waals surface area contributed by atoms with Gasteiger partial charge in [0.1, 0.15) is 0 Å². The largest absolute Gasteiger partial charge is 0.381 e. The second-order valence-electron chi connectivity index (χ2n) is 3.63. The minimum atomic E-state index is -0.795. The molecule has 6 heteroatoms.